The zero-order chi connectivity index (χ0) is 13.8. The Kier molecular flexibility index (Phi) is 5.24. The molecule has 0 bridgehead atoms. The Bertz CT molecular complexity index is 574. The van der Waals surface area contributed by atoms with E-state index >= 15 is 0 Å². The molecular formula is C15H15BrINO. The van der Waals surface area contributed by atoms with Crippen molar-refractivity contribution in [1.82, 2.24) is 0 Å². The van der Waals surface area contributed by atoms with Gasteiger partial charge < -0.3 is 10.5 Å². The predicted octanol–water partition coefficient (Wildman–Crippen LogP) is 4.50. The van der Waals surface area contributed by atoms with Crippen molar-refractivity contribution in [3.8, 4) is 5.75 Å². The average Bonchev–Trinajstić information content (AvgIpc) is 2.38. The molecule has 0 aliphatic heterocycles. The minimum absolute atomic E-state index is 0.139. The highest BCUT2D eigenvalue weighted by atomic mass is 127. The lowest BCUT2D eigenvalue weighted by atomic mass is 10.00. The molecule has 2 N–H and O–H groups in total. The van der Waals surface area contributed by atoms with E-state index in [1.54, 1.807) is 0 Å². The van der Waals surface area contributed by atoms with Crippen molar-refractivity contribution < 1.29 is 4.74 Å². The highest BCUT2D eigenvalue weighted by molar-refractivity contribution is 14.1. The molecule has 0 spiro atoms. The maximum absolute atomic E-state index is 6.34. The lowest BCUT2D eigenvalue weighted by Crippen LogP contribution is -2.12. The fraction of sp³-hybridized carbons (Fsp3) is 0.200. The summed E-state index contributed by atoms with van der Waals surface area (Å²) in [6, 6.07) is 14.0. The highest BCUT2D eigenvalue weighted by Crippen LogP contribution is 2.30. The van der Waals surface area contributed by atoms with E-state index in [0.29, 0.717) is 6.61 Å². The summed E-state index contributed by atoms with van der Waals surface area (Å²) in [6.45, 7) is 2.63. The van der Waals surface area contributed by atoms with Crippen LogP contribution in [0.1, 0.15) is 24.1 Å². The summed E-state index contributed by atoms with van der Waals surface area (Å²) >= 11 is 5.87. The third-order valence-electron chi connectivity index (χ3n) is 2.83. The fourth-order valence-corrected chi connectivity index (χ4v) is 3.07. The van der Waals surface area contributed by atoms with Gasteiger partial charge in [0.1, 0.15) is 5.75 Å². The van der Waals surface area contributed by atoms with Crippen LogP contribution in [0.15, 0.2) is 46.9 Å². The van der Waals surface area contributed by atoms with Gasteiger partial charge in [-0.2, -0.15) is 0 Å². The van der Waals surface area contributed by atoms with E-state index in [4.69, 9.17) is 10.5 Å². The highest BCUT2D eigenvalue weighted by Gasteiger charge is 2.13. The van der Waals surface area contributed by atoms with E-state index in [1.807, 2.05) is 31.2 Å². The van der Waals surface area contributed by atoms with Crippen LogP contribution in [0.5, 0.6) is 5.75 Å². The molecule has 0 radical (unpaired) electrons. The average molecular weight is 432 g/mol. The van der Waals surface area contributed by atoms with Crippen LogP contribution < -0.4 is 10.5 Å². The van der Waals surface area contributed by atoms with Crippen LogP contribution in [0.25, 0.3) is 0 Å². The number of hydrogen-bond acceptors (Lipinski definition) is 2. The SMILES string of the molecule is CCOc1ccc(C(N)c2cccc(I)c2)c(Br)c1. The summed E-state index contributed by atoms with van der Waals surface area (Å²) in [5.41, 5.74) is 8.50. The van der Waals surface area contributed by atoms with Crippen LogP contribution in [0.4, 0.5) is 0 Å². The topological polar surface area (TPSA) is 35.2 Å². The molecule has 0 saturated carbocycles. The summed E-state index contributed by atoms with van der Waals surface area (Å²) in [5, 5.41) is 0. The van der Waals surface area contributed by atoms with Crippen LogP contribution in [0, 0.1) is 3.57 Å². The van der Waals surface area contributed by atoms with Crippen molar-refractivity contribution in [1.29, 1.82) is 0 Å². The molecule has 1 atom stereocenters. The summed E-state index contributed by atoms with van der Waals surface area (Å²) in [5.74, 6) is 0.855. The van der Waals surface area contributed by atoms with Crippen LogP contribution in [0.2, 0.25) is 0 Å². The molecule has 0 saturated heterocycles. The molecule has 0 fully saturated rings. The second kappa shape index (κ2) is 6.72. The largest absolute Gasteiger partial charge is 0.494 e. The van der Waals surface area contributed by atoms with Crippen molar-refractivity contribution in [2.45, 2.75) is 13.0 Å². The smallest absolute Gasteiger partial charge is 0.120 e. The van der Waals surface area contributed by atoms with Gasteiger partial charge in [0, 0.05) is 8.04 Å². The number of nitrogens with two attached hydrogens (primary N) is 1. The standard InChI is InChI=1S/C15H15BrINO/c1-2-19-12-6-7-13(14(16)9-12)15(18)10-4-3-5-11(17)8-10/h3-9,15H,2,18H2,1H3. The van der Waals surface area contributed by atoms with E-state index in [1.165, 1.54) is 3.57 Å². The first kappa shape index (κ1) is 14.8. The van der Waals surface area contributed by atoms with Gasteiger partial charge in [0.2, 0.25) is 0 Å². The molecule has 2 aromatic rings. The molecular weight excluding hydrogens is 417 g/mol. The van der Waals surface area contributed by atoms with Gasteiger partial charge in [-0.05, 0) is 64.9 Å². The van der Waals surface area contributed by atoms with E-state index in [9.17, 15) is 0 Å². The predicted molar refractivity (Wildman–Crippen MR) is 90.5 cm³/mol. The molecule has 1 unspecified atom stereocenters. The third kappa shape index (κ3) is 3.70. The zero-order valence-electron chi connectivity index (χ0n) is 10.6. The first-order valence-electron chi connectivity index (χ1n) is 6.05. The normalized spacial score (nSPS) is 12.2. The van der Waals surface area contributed by atoms with Gasteiger partial charge in [-0.25, -0.2) is 0 Å². The van der Waals surface area contributed by atoms with Gasteiger partial charge in [0.25, 0.3) is 0 Å². The van der Waals surface area contributed by atoms with Gasteiger partial charge in [-0.15, -0.1) is 0 Å². The number of ether oxygens (including phenoxy) is 1. The summed E-state index contributed by atoms with van der Waals surface area (Å²) in [4.78, 5) is 0. The number of benzene rings is 2. The molecule has 0 aliphatic rings. The molecule has 19 heavy (non-hydrogen) atoms. The molecule has 0 aromatic heterocycles. The third-order valence-corrected chi connectivity index (χ3v) is 4.18. The van der Waals surface area contributed by atoms with Gasteiger partial charge in [0.15, 0.2) is 0 Å². The summed E-state index contributed by atoms with van der Waals surface area (Å²) in [6.07, 6.45) is 0. The quantitative estimate of drug-likeness (QED) is 0.723. The van der Waals surface area contributed by atoms with E-state index in [-0.39, 0.29) is 6.04 Å². The second-order valence-corrected chi connectivity index (χ2v) is 6.25. The van der Waals surface area contributed by atoms with Gasteiger partial charge in [-0.1, -0.05) is 34.1 Å². The Hall–Kier alpha value is -0.590. The van der Waals surface area contributed by atoms with Crippen molar-refractivity contribution in [3.63, 3.8) is 0 Å². The zero-order valence-corrected chi connectivity index (χ0v) is 14.3. The second-order valence-electron chi connectivity index (χ2n) is 4.15. The van der Waals surface area contributed by atoms with Crippen molar-refractivity contribution >= 4 is 38.5 Å². The maximum Gasteiger partial charge on any atom is 0.120 e. The van der Waals surface area contributed by atoms with E-state index in [2.05, 4.69) is 56.7 Å². The Balaban J connectivity index is 2.31. The van der Waals surface area contributed by atoms with Crippen molar-refractivity contribution in [3.05, 3.63) is 61.6 Å². The first-order chi connectivity index (χ1) is 9.11. The minimum atomic E-state index is -0.139. The Morgan fingerprint density at radius 3 is 2.68 bits per heavy atom. The molecule has 0 heterocycles. The number of hydrogen-bond donors (Lipinski definition) is 1. The molecule has 2 rings (SSSR count). The molecule has 4 heteroatoms. The van der Waals surface area contributed by atoms with Gasteiger partial charge >= 0.3 is 0 Å². The van der Waals surface area contributed by atoms with E-state index in [0.717, 1.165) is 21.3 Å². The van der Waals surface area contributed by atoms with Crippen molar-refractivity contribution in [2.24, 2.45) is 5.73 Å². The Morgan fingerprint density at radius 1 is 1.26 bits per heavy atom. The molecule has 100 valence electrons. The number of halogens is 2. The minimum Gasteiger partial charge on any atom is -0.494 e. The Morgan fingerprint density at radius 2 is 2.05 bits per heavy atom. The van der Waals surface area contributed by atoms with Crippen LogP contribution >= 0.6 is 38.5 Å². The molecule has 0 aliphatic carbocycles. The van der Waals surface area contributed by atoms with Gasteiger partial charge in [-0.3, -0.25) is 0 Å². The molecule has 2 aromatic carbocycles. The molecule has 2 nitrogen and oxygen atoms in total. The lowest BCUT2D eigenvalue weighted by molar-refractivity contribution is 0.340. The van der Waals surface area contributed by atoms with Crippen LogP contribution in [-0.4, -0.2) is 6.61 Å². The van der Waals surface area contributed by atoms with Crippen LogP contribution in [0.3, 0.4) is 0 Å². The maximum atomic E-state index is 6.34. The number of rotatable bonds is 4. The van der Waals surface area contributed by atoms with Crippen molar-refractivity contribution in [2.75, 3.05) is 6.61 Å². The summed E-state index contributed by atoms with van der Waals surface area (Å²) < 4.78 is 7.64. The Labute approximate surface area is 135 Å². The lowest BCUT2D eigenvalue weighted by Gasteiger charge is -2.16. The van der Waals surface area contributed by atoms with E-state index < -0.39 is 0 Å². The van der Waals surface area contributed by atoms with Gasteiger partial charge in [0.05, 0.1) is 12.6 Å². The summed E-state index contributed by atoms with van der Waals surface area (Å²) in [7, 11) is 0. The fourth-order valence-electron chi connectivity index (χ4n) is 1.90. The first-order valence-corrected chi connectivity index (χ1v) is 7.92. The monoisotopic (exact) mass is 431 g/mol. The van der Waals surface area contributed by atoms with Crippen LogP contribution in [-0.2, 0) is 0 Å². The molecule has 0 amide bonds.